The van der Waals surface area contributed by atoms with E-state index in [0.717, 1.165) is 25.3 Å². The Morgan fingerprint density at radius 2 is 2.05 bits per heavy atom. The van der Waals surface area contributed by atoms with Crippen LogP contribution in [0.3, 0.4) is 0 Å². The van der Waals surface area contributed by atoms with Crippen molar-refractivity contribution in [2.45, 2.75) is 25.4 Å². The predicted molar refractivity (Wildman–Crippen MR) is 83.4 cm³/mol. The number of hydrogen-bond donors (Lipinski definition) is 2. The molecule has 1 amide bonds. The van der Waals surface area contributed by atoms with E-state index in [1.807, 2.05) is 12.1 Å². The second-order valence-electron chi connectivity index (χ2n) is 5.47. The third-order valence-corrected chi connectivity index (χ3v) is 3.97. The van der Waals surface area contributed by atoms with E-state index >= 15 is 0 Å². The Morgan fingerprint density at radius 3 is 2.81 bits per heavy atom. The first kappa shape index (κ1) is 13.9. The number of carbonyl (C=O) groups excluding carboxylic acids is 1. The molecule has 1 aliphatic rings. The van der Waals surface area contributed by atoms with Crippen molar-refractivity contribution in [3.8, 4) is 5.75 Å². The van der Waals surface area contributed by atoms with E-state index < -0.39 is 0 Å². The Hall–Kier alpha value is -2.07. The molecule has 1 atom stereocenters. The maximum atomic E-state index is 11.1. The monoisotopic (exact) mass is 284 g/mol. The number of benzene rings is 2. The summed E-state index contributed by atoms with van der Waals surface area (Å²) in [7, 11) is 1.68. The van der Waals surface area contributed by atoms with E-state index in [1.54, 1.807) is 7.11 Å². The van der Waals surface area contributed by atoms with Crippen LogP contribution in [0, 0.1) is 0 Å². The summed E-state index contributed by atoms with van der Waals surface area (Å²) in [6, 6.07) is 12.9. The van der Waals surface area contributed by atoms with E-state index in [1.165, 1.54) is 16.3 Å². The minimum absolute atomic E-state index is 0.160. The molecule has 1 aliphatic heterocycles. The molecule has 0 aliphatic carbocycles. The third-order valence-electron chi connectivity index (χ3n) is 3.97. The summed E-state index contributed by atoms with van der Waals surface area (Å²) in [6.07, 6.45) is 1.53. The lowest BCUT2D eigenvalue weighted by Gasteiger charge is -2.23. The van der Waals surface area contributed by atoms with Crippen molar-refractivity contribution in [2.75, 3.05) is 13.7 Å². The molecule has 0 saturated carbocycles. The predicted octanol–water partition coefficient (Wildman–Crippen LogP) is 2.22. The van der Waals surface area contributed by atoms with Gasteiger partial charge in [-0.2, -0.15) is 0 Å². The topological polar surface area (TPSA) is 50.4 Å². The first-order chi connectivity index (χ1) is 10.2. The quantitative estimate of drug-likeness (QED) is 0.905. The van der Waals surface area contributed by atoms with Crippen LogP contribution in [-0.2, 0) is 11.3 Å². The highest BCUT2D eigenvalue weighted by Gasteiger charge is 2.16. The molecule has 4 nitrogen and oxygen atoms in total. The van der Waals surface area contributed by atoms with E-state index in [2.05, 4.69) is 34.9 Å². The summed E-state index contributed by atoms with van der Waals surface area (Å²) in [5.41, 5.74) is 1.25. The number of nitrogens with one attached hydrogen (secondary N) is 2. The van der Waals surface area contributed by atoms with Crippen molar-refractivity contribution >= 4 is 16.7 Å². The molecular formula is C17H20N2O2. The van der Waals surface area contributed by atoms with Gasteiger partial charge in [0.15, 0.2) is 0 Å². The minimum Gasteiger partial charge on any atom is -0.497 e. The molecule has 0 bridgehead atoms. The number of piperidine rings is 1. The zero-order chi connectivity index (χ0) is 14.7. The van der Waals surface area contributed by atoms with E-state index in [4.69, 9.17) is 4.74 Å². The van der Waals surface area contributed by atoms with Crippen LogP contribution in [0.2, 0.25) is 0 Å². The van der Waals surface area contributed by atoms with Gasteiger partial charge in [0.2, 0.25) is 5.91 Å². The van der Waals surface area contributed by atoms with Crippen LogP contribution in [0.1, 0.15) is 18.4 Å². The van der Waals surface area contributed by atoms with Gasteiger partial charge in [0.25, 0.3) is 0 Å². The molecule has 21 heavy (non-hydrogen) atoms. The Labute approximate surface area is 124 Å². The summed E-state index contributed by atoms with van der Waals surface area (Å²) < 4.78 is 5.24. The second kappa shape index (κ2) is 6.14. The van der Waals surface area contributed by atoms with E-state index in [9.17, 15) is 4.79 Å². The molecule has 110 valence electrons. The Morgan fingerprint density at radius 1 is 1.24 bits per heavy atom. The highest BCUT2D eigenvalue weighted by atomic mass is 16.5. The van der Waals surface area contributed by atoms with E-state index in [0.29, 0.717) is 12.5 Å². The first-order valence-electron chi connectivity index (χ1n) is 7.31. The molecule has 2 aromatic rings. The van der Waals surface area contributed by atoms with Gasteiger partial charge in [0.05, 0.1) is 7.11 Å². The number of rotatable bonds is 4. The summed E-state index contributed by atoms with van der Waals surface area (Å²) in [5, 5.41) is 8.80. The highest BCUT2D eigenvalue weighted by molar-refractivity contribution is 5.84. The molecule has 3 rings (SSSR count). The molecule has 4 heteroatoms. The maximum absolute atomic E-state index is 11.1. The van der Waals surface area contributed by atoms with Crippen molar-refractivity contribution in [1.29, 1.82) is 0 Å². The Bertz CT molecular complexity index is 644. The van der Waals surface area contributed by atoms with Gasteiger partial charge in [-0.15, -0.1) is 0 Å². The van der Waals surface area contributed by atoms with Crippen LogP contribution in [0.4, 0.5) is 0 Å². The third kappa shape index (κ3) is 3.34. The van der Waals surface area contributed by atoms with Crippen LogP contribution in [-0.4, -0.2) is 25.6 Å². The lowest BCUT2D eigenvalue weighted by atomic mass is 10.0. The fraction of sp³-hybridized carbons (Fsp3) is 0.353. The van der Waals surface area contributed by atoms with Gasteiger partial charge in [-0.1, -0.05) is 18.2 Å². The molecule has 2 aromatic carbocycles. The van der Waals surface area contributed by atoms with Crippen molar-refractivity contribution in [3.63, 3.8) is 0 Å². The Kier molecular flexibility index (Phi) is 4.06. The lowest BCUT2D eigenvalue weighted by molar-refractivity contribution is -0.122. The SMILES string of the molecule is COc1ccc2cc(CNC3CCC(=O)NC3)ccc2c1. The number of hydrogen-bond acceptors (Lipinski definition) is 3. The van der Waals surface area contributed by atoms with E-state index in [-0.39, 0.29) is 5.91 Å². The normalized spacial score (nSPS) is 18.5. The van der Waals surface area contributed by atoms with Crippen LogP contribution in [0.25, 0.3) is 10.8 Å². The lowest BCUT2D eigenvalue weighted by Crippen LogP contribution is -2.45. The van der Waals surface area contributed by atoms with Crippen LogP contribution in [0.5, 0.6) is 5.75 Å². The second-order valence-corrected chi connectivity index (χ2v) is 5.47. The summed E-state index contributed by atoms with van der Waals surface area (Å²) in [5.74, 6) is 1.04. The largest absolute Gasteiger partial charge is 0.497 e. The fourth-order valence-electron chi connectivity index (χ4n) is 2.68. The zero-order valence-corrected chi connectivity index (χ0v) is 12.2. The maximum Gasteiger partial charge on any atom is 0.220 e. The zero-order valence-electron chi connectivity index (χ0n) is 12.2. The van der Waals surface area contributed by atoms with Gasteiger partial charge in [-0.05, 0) is 41.0 Å². The first-order valence-corrected chi connectivity index (χ1v) is 7.31. The molecule has 1 saturated heterocycles. The van der Waals surface area contributed by atoms with Gasteiger partial charge in [0.1, 0.15) is 5.75 Å². The molecule has 0 radical (unpaired) electrons. The van der Waals surface area contributed by atoms with Crippen molar-refractivity contribution in [2.24, 2.45) is 0 Å². The van der Waals surface area contributed by atoms with Crippen molar-refractivity contribution in [3.05, 3.63) is 42.0 Å². The summed E-state index contributed by atoms with van der Waals surface area (Å²) in [4.78, 5) is 11.1. The summed E-state index contributed by atoms with van der Waals surface area (Å²) >= 11 is 0. The van der Waals surface area contributed by atoms with Crippen molar-refractivity contribution < 1.29 is 9.53 Å². The van der Waals surface area contributed by atoms with Crippen LogP contribution >= 0.6 is 0 Å². The van der Waals surface area contributed by atoms with Gasteiger partial charge in [0, 0.05) is 25.6 Å². The number of amides is 1. The molecule has 1 unspecified atom stereocenters. The average molecular weight is 284 g/mol. The number of methoxy groups -OCH3 is 1. The van der Waals surface area contributed by atoms with Gasteiger partial charge < -0.3 is 15.4 Å². The molecular weight excluding hydrogens is 264 g/mol. The molecule has 0 aromatic heterocycles. The molecule has 0 spiro atoms. The van der Waals surface area contributed by atoms with Gasteiger partial charge in [-0.3, -0.25) is 4.79 Å². The molecule has 2 N–H and O–H groups in total. The van der Waals surface area contributed by atoms with Crippen LogP contribution < -0.4 is 15.4 Å². The smallest absolute Gasteiger partial charge is 0.220 e. The molecule has 1 heterocycles. The fourth-order valence-corrected chi connectivity index (χ4v) is 2.68. The molecule has 1 fully saturated rings. The van der Waals surface area contributed by atoms with Gasteiger partial charge >= 0.3 is 0 Å². The highest BCUT2D eigenvalue weighted by Crippen LogP contribution is 2.22. The average Bonchev–Trinajstić information content (AvgIpc) is 2.53. The summed E-state index contributed by atoms with van der Waals surface area (Å²) in [6.45, 7) is 1.55. The Balaban J connectivity index is 1.66. The number of fused-ring (bicyclic) bond motifs is 1. The number of carbonyl (C=O) groups is 1. The van der Waals surface area contributed by atoms with Gasteiger partial charge in [-0.25, -0.2) is 0 Å². The van der Waals surface area contributed by atoms with Crippen molar-refractivity contribution in [1.82, 2.24) is 10.6 Å². The standard InChI is InChI=1S/C17H20N2O2/c1-21-16-6-4-13-8-12(2-3-14(13)9-16)10-18-15-5-7-17(20)19-11-15/h2-4,6,8-9,15,18H,5,7,10-11H2,1H3,(H,19,20). The minimum atomic E-state index is 0.160. The number of ether oxygens (including phenoxy) is 1. The van der Waals surface area contributed by atoms with Crippen LogP contribution in [0.15, 0.2) is 36.4 Å².